The summed E-state index contributed by atoms with van der Waals surface area (Å²) in [4.78, 5) is 50.7. The van der Waals surface area contributed by atoms with Crippen molar-refractivity contribution in [1.29, 1.82) is 0 Å². The molecule has 198 valence electrons. The van der Waals surface area contributed by atoms with Gasteiger partial charge in [0.05, 0.1) is 40.7 Å². The van der Waals surface area contributed by atoms with Gasteiger partial charge in [0.15, 0.2) is 0 Å². The van der Waals surface area contributed by atoms with Gasteiger partial charge in [0, 0.05) is 11.9 Å². The van der Waals surface area contributed by atoms with Crippen LogP contribution in [0.25, 0.3) is 10.2 Å². The number of nitrogens with one attached hydrogen (secondary N) is 2. The summed E-state index contributed by atoms with van der Waals surface area (Å²) in [5.41, 5.74) is 3.70. The molecule has 0 unspecified atom stereocenters. The number of carbonyl (C=O) groups excluding carboxylic acids is 3. The number of thiophene rings is 1. The number of hydrogen-bond acceptors (Lipinski definition) is 7. The van der Waals surface area contributed by atoms with Gasteiger partial charge in [0.2, 0.25) is 0 Å². The van der Waals surface area contributed by atoms with Crippen LogP contribution >= 0.6 is 24.2 Å². The summed E-state index contributed by atoms with van der Waals surface area (Å²) in [7, 11) is 0. The van der Waals surface area contributed by atoms with Crippen LogP contribution < -0.4 is 15.5 Å². The zero-order chi connectivity index (χ0) is 27.1. The Hall–Kier alpha value is -3.44. The molecule has 0 saturated heterocycles. The molecular formula is C27H30N6O3S2. The summed E-state index contributed by atoms with van der Waals surface area (Å²) in [6.45, 7) is 9.78. The lowest BCUT2D eigenvalue weighted by Crippen LogP contribution is -2.47. The van der Waals surface area contributed by atoms with Crippen LogP contribution in [-0.4, -0.2) is 44.2 Å². The molecule has 1 saturated carbocycles. The van der Waals surface area contributed by atoms with Gasteiger partial charge in [0.1, 0.15) is 9.71 Å². The number of aromatic nitrogens is 2. The molecule has 5 rings (SSSR count). The number of carbonyl (C=O) groups is 3. The van der Waals surface area contributed by atoms with E-state index in [-0.39, 0.29) is 29.9 Å². The summed E-state index contributed by atoms with van der Waals surface area (Å²) in [6, 6.07) is 2.93. The van der Waals surface area contributed by atoms with E-state index in [0.29, 0.717) is 38.1 Å². The molecular weight excluding hydrogens is 520 g/mol. The second-order valence-corrected chi connectivity index (χ2v) is 11.5. The summed E-state index contributed by atoms with van der Waals surface area (Å²) >= 11 is 5.58. The molecule has 0 bridgehead atoms. The van der Waals surface area contributed by atoms with Gasteiger partial charge in [-0.1, -0.05) is 33.2 Å². The number of hydrogen-bond donors (Lipinski definition) is 3. The maximum Gasteiger partial charge on any atom is 0.331 e. The summed E-state index contributed by atoms with van der Waals surface area (Å²) < 4.78 is 1.34. The Kier molecular flexibility index (Phi) is 7.15. The molecule has 9 nitrogen and oxygen atoms in total. The Bertz CT molecular complexity index is 1450. The first-order valence-electron chi connectivity index (χ1n) is 12.6. The van der Waals surface area contributed by atoms with Crippen molar-refractivity contribution in [2.24, 2.45) is 5.92 Å². The average molecular weight is 551 g/mol. The minimum atomic E-state index is -0.365. The Morgan fingerprint density at radius 2 is 2.13 bits per heavy atom. The van der Waals surface area contributed by atoms with E-state index in [4.69, 9.17) is 0 Å². The molecule has 3 aromatic heterocycles. The van der Waals surface area contributed by atoms with Crippen LogP contribution in [-0.2, 0) is 11.2 Å². The van der Waals surface area contributed by atoms with E-state index in [1.807, 2.05) is 13.0 Å². The first kappa shape index (κ1) is 26.2. The van der Waals surface area contributed by atoms with Gasteiger partial charge in [-0.2, -0.15) is 0 Å². The maximum atomic E-state index is 13.5. The minimum Gasteiger partial charge on any atom is -0.346 e. The van der Waals surface area contributed by atoms with E-state index in [0.717, 1.165) is 36.9 Å². The van der Waals surface area contributed by atoms with Crippen molar-refractivity contribution < 1.29 is 14.4 Å². The third-order valence-corrected chi connectivity index (χ3v) is 8.55. The molecule has 0 spiro atoms. The highest BCUT2D eigenvalue weighted by molar-refractivity contribution is 7.78. The Labute approximate surface area is 230 Å². The molecule has 2 aliphatic rings. The van der Waals surface area contributed by atoms with Crippen molar-refractivity contribution in [3.8, 4) is 0 Å². The fourth-order valence-corrected chi connectivity index (χ4v) is 6.63. The fraction of sp³-hybridized carbons (Fsp3) is 0.370. The SMILES string of the molecule is C=CC(=O)N(S)[C@H]1CCC[C@H]1NC(=O)c1sc2nccc3c2c1NC(=O)N3c1cnc(CC(C)C)cc1C. The third kappa shape index (κ3) is 4.64. The predicted octanol–water partition coefficient (Wildman–Crippen LogP) is 5.39. The molecule has 3 aromatic rings. The summed E-state index contributed by atoms with van der Waals surface area (Å²) in [6.07, 6.45) is 7.76. The van der Waals surface area contributed by atoms with Gasteiger partial charge in [-0.05, 0) is 62.3 Å². The number of urea groups is 1. The number of nitrogens with zero attached hydrogens (tertiary/aromatic N) is 4. The average Bonchev–Trinajstić information content (AvgIpc) is 3.49. The molecule has 38 heavy (non-hydrogen) atoms. The molecule has 2 N–H and O–H groups in total. The quantitative estimate of drug-likeness (QED) is 0.270. The van der Waals surface area contributed by atoms with Crippen molar-refractivity contribution in [1.82, 2.24) is 19.6 Å². The van der Waals surface area contributed by atoms with Gasteiger partial charge >= 0.3 is 6.03 Å². The number of thiol groups is 1. The zero-order valence-corrected chi connectivity index (χ0v) is 23.2. The second kappa shape index (κ2) is 10.4. The predicted molar refractivity (Wildman–Crippen MR) is 153 cm³/mol. The Morgan fingerprint density at radius 3 is 2.84 bits per heavy atom. The fourth-order valence-electron chi connectivity index (χ4n) is 5.25. The molecule has 2 atom stereocenters. The van der Waals surface area contributed by atoms with E-state index in [9.17, 15) is 14.4 Å². The number of rotatable bonds is 7. The highest BCUT2D eigenvalue weighted by Gasteiger charge is 2.37. The molecule has 4 heterocycles. The maximum absolute atomic E-state index is 13.5. The minimum absolute atomic E-state index is 0.244. The van der Waals surface area contributed by atoms with Crippen molar-refractivity contribution in [3.63, 3.8) is 0 Å². The number of pyridine rings is 2. The van der Waals surface area contributed by atoms with Gasteiger partial charge in [-0.15, -0.1) is 11.3 Å². The van der Waals surface area contributed by atoms with Gasteiger partial charge in [0.25, 0.3) is 11.8 Å². The van der Waals surface area contributed by atoms with Crippen LogP contribution in [0.1, 0.15) is 54.0 Å². The van der Waals surface area contributed by atoms with Crippen molar-refractivity contribution in [2.75, 3.05) is 10.2 Å². The van der Waals surface area contributed by atoms with Gasteiger partial charge in [-0.25, -0.2) is 9.78 Å². The van der Waals surface area contributed by atoms with E-state index in [2.05, 4.69) is 53.8 Å². The van der Waals surface area contributed by atoms with Crippen molar-refractivity contribution in [2.45, 2.75) is 58.5 Å². The smallest absolute Gasteiger partial charge is 0.331 e. The second-order valence-electron chi connectivity index (χ2n) is 10.1. The molecule has 11 heteroatoms. The monoisotopic (exact) mass is 550 g/mol. The lowest BCUT2D eigenvalue weighted by molar-refractivity contribution is -0.122. The van der Waals surface area contributed by atoms with Crippen LogP contribution in [0.4, 0.5) is 21.9 Å². The Balaban J connectivity index is 1.48. The molecule has 4 amide bonds. The standard InChI is InChI=1S/C27H30N6O3S2/c1-5-21(34)33(37)18-8-6-7-17(18)30-25(35)24-23-22-19(9-10-28-26(22)38-24)32(27(36)31-23)20-13-29-16(11-14(2)3)12-15(20)4/h5,9-10,12-14,17-18,37H,1,6-8,11H2,2-4H3,(H,30,35)(H,31,36)/t17-,18+/m1/s1. The van der Waals surface area contributed by atoms with Crippen LogP contribution in [0.15, 0.2) is 37.2 Å². The molecule has 1 aliphatic heterocycles. The number of amides is 4. The van der Waals surface area contributed by atoms with Crippen molar-refractivity contribution >= 4 is 69.3 Å². The van der Waals surface area contributed by atoms with E-state index in [1.54, 1.807) is 23.4 Å². The van der Waals surface area contributed by atoms with Crippen LogP contribution in [0.2, 0.25) is 0 Å². The van der Waals surface area contributed by atoms with Crippen LogP contribution in [0.3, 0.4) is 0 Å². The first-order valence-corrected chi connectivity index (χ1v) is 13.8. The normalized spacial score (nSPS) is 18.6. The number of anilines is 3. The van der Waals surface area contributed by atoms with Crippen LogP contribution in [0.5, 0.6) is 0 Å². The lowest BCUT2D eigenvalue weighted by atomic mass is 10.0. The molecule has 0 radical (unpaired) electrons. The topological polar surface area (TPSA) is 108 Å². The van der Waals surface area contributed by atoms with Crippen molar-refractivity contribution in [3.05, 3.63) is 53.3 Å². The van der Waals surface area contributed by atoms with Gasteiger partial charge < -0.3 is 10.6 Å². The molecule has 1 fully saturated rings. The Morgan fingerprint density at radius 1 is 1.34 bits per heavy atom. The summed E-state index contributed by atoms with van der Waals surface area (Å²) in [5, 5.41) is 6.72. The van der Waals surface area contributed by atoms with Crippen LogP contribution in [0, 0.1) is 12.8 Å². The number of aryl methyl sites for hydroxylation is 1. The van der Waals surface area contributed by atoms with E-state index >= 15 is 0 Å². The molecule has 1 aliphatic carbocycles. The lowest BCUT2D eigenvalue weighted by Gasteiger charge is -2.30. The van der Waals surface area contributed by atoms with E-state index < -0.39 is 0 Å². The van der Waals surface area contributed by atoms with E-state index in [1.165, 1.54) is 21.7 Å². The van der Waals surface area contributed by atoms with Gasteiger partial charge in [-0.3, -0.25) is 23.8 Å². The zero-order valence-electron chi connectivity index (χ0n) is 21.5. The third-order valence-electron chi connectivity index (χ3n) is 6.96. The summed E-state index contributed by atoms with van der Waals surface area (Å²) in [5.74, 6) is -0.149. The largest absolute Gasteiger partial charge is 0.346 e. The first-order chi connectivity index (χ1) is 18.2. The highest BCUT2D eigenvalue weighted by Crippen LogP contribution is 2.46. The highest BCUT2D eigenvalue weighted by atomic mass is 32.1. The molecule has 0 aromatic carbocycles.